The molecule has 0 heterocycles. The number of esters is 1. The van der Waals surface area contributed by atoms with Gasteiger partial charge in [0.2, 0.25) is 5.91 Å². The van der Waals surface area contributed by atoms with Crippen molar-refractivity contribution < 1.29 is 33.0 Å². The van der Waals surface area contributed by atoms with E-state index < -0.39 is 18.5 Å². The Balaban J connectivity index is 1.67. The lowest BCUT2D eigenvalue weighted by Crippen LogP contribution is -2.29. The Morgan fingerprint density at radius 2 is 1.62 bits per heavy atom. The molecule has 1 aliphatic rings. The molecule has 8 nitrogen and oxygen atoms in total. The molecule has 0 atom stereocenters. The van der Waals surface area contributed by atoms with E-state index in [2.05, 4.69) is 10.6 Å². The van der Waals surface area contributed by atoms with E-state index in [-0.39, 0.29) is 41.2 Å². The largest absolute Gasteiger partial charge is 0.493 e. The molecule has 0 bridgehead atoms. The monoisotopic (exact) mass is 472 g/mol. The number of nitrogens with one attached hydrogen (secondary N) is 2. The SMILES string of the molecule is COc1cc(NC(=O)C2CCCCC2)c(C(=O)OCC(=O)NCc2ccc(F)cc2)cc1OC. The molecule has 0 aromatic heterocycles. The number of anilines is 1. The molecule has 3 rings (SSSR count). The highest BCUT2D eigenvalue weighted by atomic mass is 19.1. The summed E-state index contributed by atoms with van der Waals surface area (Å²) in [7, 11) is 2.88. The van der Waals surface area contributed by atoms with Gasteiger partial charge in [0.1, 0.15) is 5.82 Å². The van der Waals surface area contributed by atoms with E-state index >= 15 is 0 Å². The van der Waals surface area contributed by atoms with Crippen molar-refractivity contribution in [1.29, 1.82) is 0 Å². The van der Waals surface area contributed by atoms with Gasteiger partial charge >= 0.3 is 5.97 Å². The molecule has 2 aromatic rings. The van der Waals surface area contributed by atoms with E-state index in [0.717, 1.165) is 32.1 Å². The van der Waals surface area contributed by atoms with Gasteiger partial charge in [-0.2, -0.15) is 0 Å². The molecule has 34 heavy (non-hydrogen) atoms. The van der Waals surface area contributed by atoms with Gasteiger partial charge in [-0.3, -0.25) is 9.59 Å². The van der Waals surface area contributed by atoms with E-state index in [1.807, 2.05) is 0 Å². The third-order valence-corrected chi connectivity index (χ3v) is 5.71. The summed E-state index contributed by atoms with van der Waals surface area (Å²) in [6.45, 7) is -0.361. The van der Waals surface area contributed by atoms with E-state index in [4.69, 9.17) is 14.2 Å². The molecule has 2 aromatic carbocycles. The zero-order chi connectivity index (χ0) is 24.5. The molecule has 2 N–H and O–H groups in total. The van der Waals surface area contributed by atoms with Crippen molar-refractivity contribution in [2.75, 3.05) is 26.1 Å². The molecular formula is C25H29FN2O6. The number of methoxy groups -OCH3 is 2. The highest BCUT2D eigenvalue weighted by Crippen LogP contribution is 2.34. The Bertz CT molecular complexity index is 1020. The predicted octanol–water partition coefficient (Wildman–Crippen LogP) is 3.83. The number of hydrogen-bond donors (Lipinski definition) is 2. The van der Waals surface area contributed by atoms with Gasteiger partial charge in [0.05, 0.1) is 25.5 Å². The first-order valence-electron chi connectivity index (χ1n) is 11.2. The number of rotatable bonds is 9. The second kappa shape index (κ2) is 12.0. The van der Waals surface area contributed by atoms with Crippen LogP contribution in [-0.2, 0) is 20.9 Å². The minimum Gasteiger partial charge on any atom is -0.493 e. The fraction of sp³-hybridized carbons (Fsp3) is 0.400. The first-order chi connectivity index (χ1) is 16.4. The van der Waals surface area contributed by atoms with Crippen molar-refractivity contribution in [3.63, 3.8) is 0 Å². The molecule has 1 aliphatic carbocycles. The van der Waals surface area contributed by atoms with Gasteiger partial charge < -0.3 is 24.8 Å². The van der Waals surface area contributed by atoms with Crippen molar-refractivity contribution in [3.05, 3.63) is 53.3 Å². The maximum atomic E-state index is 13.0. The van der Waals surface area contributed by atoms with E-state index in [9.17, 15) is 18.8 Å². The number of carbonyl (C=O) groups is 3. The van der Waals surface area contributed by atoms with Crippen molar-refractivity contribution in [2.24, 2.45) is 5.92 Å². The smallest absolute Gasteiger partial charge is 0.340 e. The maximum Gasteiger partial charge on any atom is 0.340 e. The van der Waals surface area contributed by atoms with Gasteiger partial charge in [-0.05, 0) is 30.5 Å². The van der Waals surface area contributed by atoms with Crippen molar-refractivity contribution in [2.45, 2.75) is 38.6 Å². The molecule has 2 amide bonds. The molecule has 0 saturated heterocycles. The van der Waals surface area contributed by atoms with Gasteiger partial charge in [-0.25, -0.2) is 9.18 Å². The van der Waals surface area contributed by atoms with Gasteiger partial charge in [0, 0.05) is 24.6 Å². The number of hydrogen-bond acceptors (Lipinski definition) is 6. The second-order valence-corrected chi connectivity index (χ2v) is 8.06. The number of ether oxygens (including phenoxy) is 3. The van der Waals surface area contributed by atoms with Crippen LogP contribution in [0.15, 0.2) is 36.4 Å². The summed E-state index contributed by atoms with van der Waals surface area (Å²) in [6, 6.07) is 8.60. The summed E-state index contributed by atoms with van der Waals surface area (Å²) >= 11 is 0. The predicted molar refractivity (Wildman–Crippen MR) is 123 cm³/mol. The first-order valence-corrected chi connectivity index (χ1v) is 11.2. The summed E-state index contributed by atoms with van der Waals surface area (Å²) in [5.41, 5.74) is 0.978. The third-order valence-electron chi connectivity index (χ3n) is 5.71. The normalized spacial score (nSPS) is 13.6. The summed E-state index contributed by atoms with van der Waals surface area (Å²) in [6.07, 6.45) is 4.69. The molecule has 0 spiro atoms. The quantitative estimate of drug-likeness (QED) is 0.538. The van der Waals surface area contributed by atoms with E-state index in [1.54, 1.807) is 12.1 Å². The average molecular weight is 473 g/mol. The van der Waals surface area contributed by atoms with Gasteiger partial charge in [-0.15, -0.1) is 0 Å². The third kappa shape index (κ3) is 6.69. The van der Waals surface area contributed by atoms with E-state index in [0.29, 0.717) is 11.3 Å². The Labute approximate surface area is 197 Å². The van der Waals surface area contributed by atoms with Crippen molar-refractivity contribution >= 4 is 23.5 Å². The molecular weight excluding hydrogens is 443 g/mol. The standard InChI is InChI=1S/C25H29FN2O6/c1-32-21-12-19(20(13-22(21)33-2)28-24(30)17-6-4-3-5-7-17)25(31)34-15-23(29)27-14-16-8-10-18(26)11-9-16/h8-13,17H,3-7,14-15H2,1-2H3,(H,27,29)(H,28,30). The van der Waals surface area contributed by atoms with Crippen molar-refractivity contribution in [3.8, 4) is 11.5 Å². The van der Waals surface area contributed by atoms with Gasteiger partial charge in [-0.1, -0.05) is 31.4 Å². The summed E-state index contributed by atoms with van der Waals surface area (Å²) in [4.78, 5) is 37.7. The Morgan fingerprint density at radius 1 is 0.971 bits per heavy atom. The molecule has 9 heteroatoms. The Kier molecular flexibility index (Phi) is 8.84. The fourth-order valence-electron chi connectivity index (χ4n) is 3.81. The minimum absolute atomic E-state index is 0.0492. The Morgan fingerprint density at radius 3 is 2.26 bits per heavy atom. The second-order valence-electron chi connectivity index (χ2n) is 8.06. The lowest BCUT2D eigenvalue weighted by Gasteiger charge is -2.22. The zero-order valence-corrected chi connectivity index (χ0v) is 19.3. The van der Waals surface area contributed by atoms with Crippen LogP contribution in [0, 0.1) is 11.7 Å². The number of benzene rings is 2. The van der Waals surface area contributed by atoms with Crippen LogP contribution in [0.1, 0.15) is 48.0 Å². The van der Waals surface area contributed by atoms with Crippen LogP contribution >= 0.6 is 0 Å². The first kappa shape index (κ1) is 25.0. The summed E-state index contributed by atoms with van der Waals surface area (Å²) in [5, 5.41) is 5.42. The number of halogens is 1. The number of amides is 2. The van der Waals surface area contributed by atoms with Crippen LogP contribution in [-0.4, -0.2) is 38.6 Å². The lowest BCUT2D eigenvalue weighted by molar-refractivity contribution is -0.124. The van der Waals surface area contributed by atoms with Crippen LogP contribution in [0.5, 0.6) is 11.5 Å². The molecule has 0 unspecified atom stereocenters. The highest BCUT2D eigenvalue weighted by molar-refractivity contribution is 6.03. The number of carbonyl (C=O) groups excluding carboxylic acids is 3. The van der Waals surface area contributed by atoms with Crippen LogP contribution in [0.4, 0.5) is 10.1 Å². The minimum atomic E-state index is -0.795. The molecule has 0 radical (unpaired) electrons. The maximum absolute atomic E-state index is 13.0. The zero-order valence-electron chi connectivity index (χ0n) is 19.3. The van der Waals surface area contributed by atoms with Gasteiger partial charge in [0.25, 0.3) is 5.91 Å². The highest BCUT2D eigenvalue weighted by Gasteiger charge is 2.25. The summed E-state index contributed by atoms with van der Waals surface area (Å²) < 4.78 is 28.7. The molecule has 182 valence electrons. The van der Waals surface area contributed by atoms with E-state index in [1.165, 1.54) is 38.5 Å². The van der Waals surface area contributed by atoms with Crippen LogP contribution in [0.25, 0.3) is 0 Å². The van der Waals surface area contributed by atoms with Crippen molar-refractivity contribution in [1.82, 2.24) is 5.32 Å². The molecule has 0 aliphatic heterocycles. The molecule has 1 saturated carbocycles. The van der Waals surface area contributed by atoms with Gasteiger partial charge in [0.15, 0.2) is 18.1 Å². The molecule has 1 fully saturated rings. The lowest BCUT2D eigenvalue weighted by atomic mass is 9.88. The van der Waals surface area contributed by atoms with Crippen LogP contribution < -0.4 is 20.1 Å². The fourth-order valence-corrected chi connectivity index (χ4v) is 3.81. The topological polar surface area (TPSA) is 103 Å². The van der Waals surface area contributed by atoms with Crippen LogP contribution in [0.2, 0.25) is 0 Å². The average Bonchev–Trinajstić information content (AvgIpc) is 2.87. The summed E-state index contributed by atoms with van der Waals surface area (Å²) in [5.74, 6) is -1.35. The van der Waals surface area contributed by atoms with Crippen LogP contribution in [0.3, 0.4) is 0 Å². The Hall–Kier alpha value is -3.62.